The summed E-state index contributed by atoms with van der Waals surface area (Å²) in [6.07, 6.45) is 2.22. The highest BCUT2D eigenvalue weighted by atomic mass is 16.5. The van der Waals surface area contributed by atoms with Gasteiger partial charge in [0.15, 0.2) is 0 Å². The van der Waals surface area contributed by atoms with E-state index in [2.05, 4.69) is 17.6 Å². The molecule has 5 nitrogen and oxygen atoms in total. The van der Waals surface area contributed by atoms with E-state index in [1.54, 1.807) is 7.11 Å². The van der Waals surface area contributed by atoms with E-state index >= 15 is 0 Å². The molecule has 1 rings (SSSR count). The molecule has 0 radical (unpaired) electrons. The van der Waals surface area contributed by atoms with Crippen molar-refractivity contribution in [1.29, 1.82) is 0 Å². The van der Waals surface area contributed by atoms with E-state index in [1.165, 1.54) is 0 Å². The zero-order chi connectivity index (χ0) is 12.6. The summed E-state index contributed by atoms with van der Waals surface area (Å²) in [6, 6.07) is 0. The molecule has 0 aliphatic carbocycles. The van der Waals surface area contributed by atoms with Gasteiger partial charge in [0.05, 0.1) is 13.2 Å². The van der Waals surface area contributed by atoms with Gasteiger partial charge in [-0.15, -0.1) is 0 Å². The van der Waals surface area contributed by atoms with E-state index < -0.39 is 0 Å². The molecule has 0 spiro atoms. The van der Waals surface area contributed by atoms with Crippen LogP contribution in [-0.2, 0) is 14.3 Å². The van der Waals surface area contributed by atoms with Gasteiger partial charge < -0.3 is 20.1 Å². The highest BCUT2D eigenvalue weighted by Gasteiger charge is 2.26. The topological polar surface area (TPSA) is 59.6 Å². The molecule has 0 aromatic heterocycles. The molecule has 5 heteroatoms. The van der Waals surface area contributed by atoms with Crippen LogP contribution in [-0.4, -0.2) is 52.5 Å². The number of methoxy groups -OCH3 is 1. The van der Waals surface area contributed by atoms with E-state index in [0.29, 0.717) is 13.2 Å². The first-order chi connectivity index (χ1) is 8.16. The van der Waals surface area contributed by atoms with Crippen LogP contribution in [0.3, 0.4) is 0 Å². The first-order valence-corrected chi connectivity index (χ1v) is 6.20. The van der Waals surface area contributed by atoms with Gasteiger partial charge in [0.1, 0.15) is 6.61 Å². The van der Waals surface area contributed by atoms with Gasteiger partial charge in [-0.2, -0.15) is 0 Å². The van der Waals surface area contributed by atoms with Crippen molar-refractivity contribution in [3.8, 4) is 0 Å². The Balaban J connectivity index is 2.10. The minimum Gasteiger partial charge on any atom is -0.382 e. The van der Waals surface area contributed by atoms with E-state index in [1.807, 2.05) is 0 Å². The van der Waals surface area contributed by atoms with Gasteiger partial charge in [-0.3, -0.25) is 4.79 Å². The number of amides is 1. The number of hydrogen-bond acceptors (Lipinski definition) is 4. The number of rotatable bonds is 7. The third-order valence-corrected chi connectivity index (χ3v) is 3.19. The summed E-state index contributed by atoms with van der Waals surface area (Å²) >= 11 is 0. The lowest BCUT2D eigenvalue weighted by molar-refractivity contribution is -0.126. The van der Waals surface area contributed by atoms with E-state index in [0.717, 1.165) is 32.5 Å². The van der Waals surface area contributed by atoms with Crippen LogP contribution >= 0.6 is 0 Å². The second-order valence-corrected chi connectivity index (χ2v) is 4.88. The van der Waals surface area contributed by atoms with Crippen molar-refractivity contribution in [3.05, 3.63) is 0 Å². The summed E-state index contributed by atoms with van der Waals surface area (Å²) in [5.74, 6) is -0.0409. The van der Waals surface area contributed by atoms with Crippen molar-refractivity contribution >= 4 is 5.91 Å². The maximum absolute atomic E-state index is 11.5. The molecule has 0 bridgehead atoms. The molecule has 1 amide bonds. The minimum absolute atomic E-state index is 0.0409. The Morgan fingerprint density at radius 1 is 1.35 bits per heavy atom. The minimum atomic E-state index is -0.0409. The summed E-state index contributed by atoms with van der Waals surface area (Å²) < 4.78 is 9.99. The molecule has 2 N–H and O–H groups in total. The predicted molar refractivity (Wildman–Crippen MR) is 65.9 cm³/mol. The van der Waals surface area contributed by atoms with Crippen molar-refractivity contribution in [3.63, 3.8) is 0 Å². The molecule has 1 fully saturated rings. The quantitative estimate of drug-likeness (QED) is 0.626. The van der Waals surface area contributed by atoms with Crippen LogP contribution in [0.15, 0.2) is 0 Å². The van der Waals surface area contributed by atoms with Crippen molar-refractivity contribution < 1.29 is 14.3 Å². The van der Waals surface area contributed by atoms with Gasteiger partial charge in [0.25, 0.3) is 0 Å². The summed E-state index contributed by atoms with van der Waals surface area (Å²) in [5, 5.41) is 6.26. The molecule has 0 aromatic rings. The second kappa shape index (κ2) is 7.63. The molecular weight excluding hydrogens is 220 g/mol. The van der Waals surface area contributed by atoms with E-state index in [9.17, 15) is 4.79 Å². The molecule has 0 saturated carbocycles. The standard InChI is InChI=1S/C12H24N2O3/c1-12(3-5-13-6-4-12)10-14-11(15)9-17-8-7-16-2/h13H,3-10H2,1-2H3,(H,14,15). The first-order valence-electron chi connectivity index (χ1n) is 6.20. The fourth-order valence-electron chi connectivity index (χ4n) is 1.88. The number of piperidine rings is 1. The maximum Gasteiger partial charge on any atom is 0.246 e. The summed E-state index contributed by atoms with van der Waals surface area (Å²) in [7, 11) is 1.61. The molecule has 17 heavy (non-hydrogen) atoms. The van der Waals surface area contributed by atoms with Crippen LogP contribution in [0.5, 0.6) is 0 Å². The summed E-state index contributed by atoms with van der Waals surface area (Å²) in [5.41, 5.74) is 0.230. The summed E-state index contributed by atoms with van der Waals surface area (Å²) in [6.45, 7) is 6.15. The molecule has 1 aliphatic rings. The Kier molecular flexibility index (Phi) is 6.47. The Bertz CT molecular complexity index is 228. The molecule has 0 aromatic carbocycles. The SMILES string of the molecule is COCCOCC(=O)NCC1(C)CCNCC1. The molecular formula is C12H24N2O3. The highest BCUT2D eigenvalue weighted by Crippen LogP contribution is 2.26. The fraction of sp³-hybridized carbons (Fsp3) is 0.917. The predicted octanol–water partition coefficient (Wildman–Crippen LogP) is 0.155. The van der Waals surface area contributed by atoms with Crippen LogP contribution < -0.4 is 10.6 Å². The van der Waals surface area contributed by atoms with Crippen molar-refractivity contribution in [2.75, 3.05) is 46.6 Å². The largest absolute Gasteiger partial charge is 0.382 e. The lowest BCUT2D eigenvalue weighted by atomic mass is 9.81. The Labute approximate surface area is 103 Å². The van der Waals surface area contributed by atoms with Crippen LogP contribution in [0.4, 0.5) is 0 Å². The number of hydrogen-bond donors (Lipinski definition) is 2. The van der Waals surface area contributed by atoms with Gasteiger partial charge >= 0.3 is 0 Å². The lowest BCUT2D eigenvalue weighted by Crippen LogP contribution is -2.43. The van der Waals surface area contributed by atoms with Crippen LogP contribution in [0, 0.1) is 5.41 Å². The van der Waals surface area contributed by atoms with Crippen molar-refractivity contribution in [2.45, 2.75) is 19.8 Å². The molecule has 1 saturated heterocycles. The summed E-state index contributed by atoms with van der Waals surface area (Å²) in [4.78, 5) is 11.5. The Morgan fingerprint density at radius 2 is 2.06 bits per heavy atom. The normalized spacial score (nSPS) is 18.9. The van der Waals surface area contributed by atoms with Gasteiger partial charge in [-0.25, -0.2) is 0 Å². The fourth-order valence-corrected chi connectivity index (χ4v) is 1.88. The smallest absolute Gasteiger partial charge is 0.246 e. The van der Waals surface area contributed by atoms with Crippen molar-refractivity contribution in [2.24, 2.45) is 5.41 Å². The van der Waals surface area contributed by atoms with E-state index in [4.69, 9.17) is 9.47 Å². The second-order valence-electron chi connectivity index (χ2n) is 4.88. The van der Waals surface area contributed by atoms with Crippen LogP contribution in [0.2, 0.25) is 0 Å². The van der Waals surface area contributed by atoms with Crippen LogP contribution in [0.25, 0.3) is 0 Å². The van der Waals surface area contributed by atoms with E-state index in [-0.39, 0.29) is 17.9 Å². The van der Waals surface area contributed by atoms with Gasteiger partial charge in [-0.05, 0) is 31.3 Å². The number of carbonyl (C=O) groups excluding carboxylic acids is 1. The Hall–Kier alpha value is -0.650. The number of carbonyl (C=O) groups is 1. The molecule has 100 valence electrons. The number of nitrogens with one attached hydrogen (secondary N) is 2. The molecule has 1 heterocycles. The van der Waals surface area contributed by atoms with Crippen molar-refractivity contribution in [1.82, 2.24) is 10.6 Å². The average Bonchev–Trinajstić information content (AvgIpc) is 2.33. The third kappa shape index (κ3) is 6.00. The average molecular weight is 244 g/mol. The monoisotopic (exact) mass is 244 g/mol. The third-order valence-electron chi connectivity index (χ3n) is 3.19. The zero-order valence-corrected chi connectivity index (χ0v) is 10.9. The molecule has 1 aliphatic heterocycles. The molecule has 0 unspecified atom stereocenters. The van der Waals surface area contributed by atoms with Gasteiger partial charge in [-0.1, -0.05) is 6.92 Å². The first kappa shape index (κ1) is 14.4. The zero-order valence-electron chi connectivity index (χ0n) is 10.9. The molecule has 0 atom stereocenters. The van der Waals surface area contributed by atoms with Gasteiger partial charge in [0, 0.05) is 13.7 Å². The number of ether oxygens (including phenoxy) is 2. The Morgan fingerprint density at radius 3 is 2.71 bits per heavy atom. The lowest BCUT2D eigenvalue weighted by Gasteiger charge is -2.34. The maximum atomic E-state index is 11.5. The van der Waals surface area contributed by atoms with Crippen LogP contribution in [0.1, 0.15) is 19.8 Å². The highest BCUT2D eigenvalue weighted by molar-refractivity contribution is 5.77. The van der Waals surface area contributed by atoms with Gasteiger partial charge in [0.2, 0.25) is 5.91 Å².